The Hall–Kier alpha value is -1.51. The maximum Gasteiger partial charge on any atom is 0.310 e. The summed E-state index contributed by atoms with van der Waals surface area (Å²) in [7, 11) is 0. The predicted octanol–water partition coefficient (Wildman–Crippen LogP) is 2.36. The molecular weight excluding hydrogens is 192 g/mol. The molecule has 3 nitrogen and oxygen atoms in total. The molecule has 0 bridgehead atoms. The lowest BCUT2D eigenvalue weighted by Gasteiger charge is -1.98. The Morgan fingerprint density at radius 3 is 3.07 bits per heavy atom. The fourth-order valence-electron chi connectivity index (χ4n) is 2.02. The van der Waals surface area contributed by atoms with Crippen molar-refractivity contribution in [3.8, 4) is 0 Å². The smallest absolute Gasteiger partial charge is 0.310 e. The minimum atomic E-state index is -0.149. The third-order valence-corrected chi connectivity index (χ3v) is 2.78. The van der Waals surface area contributed by atoms with Crippen LogP contribution in [0, 0.1) is 11.8 Å². The second kappa shape index (κ2) is 3.93. The lowest BCUT2D eigenvalue weighted by molar-refractivity contribution is -0.145. The van der Waals surface area contributed by atoms with Gasteiger partial charge in [0.25, 0.3) is 0 Å². The molecular formula is C12H14O3. The second-order valence-electron chi connectivity index (χ2n) is 3.63. The van der Waals surface area contributed by atoms with E-state index in [9.17, 15) is 4.79 Å². The van der Waals surface area contributed by atoms with E-state index >= 15 is 0 Å². The van der Waals surface area contributed by atoms with Crippen molar-refractivity contribution in [2.24, 2.45) is 11.8 Å². The first-order chi connectivity index (χ1) is 7.29. The van der Waals surface area contributed by atoms with Crippen molar-refractivity contribution < 1.29 is 13.9 Å². The fourth-order valence-corrected chi connectivity index (χ4v) is 2.02. The number of rotatable bonds is 4. The van der Waals surface area contributed by atoms with E-state index in [1.54, 1.807) is 12.3 Å². The summed E-state index contributed by atoms with van der Waals surface area (Å²) in [6.45, 7) is 5.96. The van der Waals surface area contributed by atoms with E-state index in [1.165, 1.54) is 0 Å². The minimum Gasteiger partial charge on any atom is -0.469 e. The van der Waals surface area contributed by atoms with Crippen molar-refractivity contribution >= 4 is 5.97 Å². The van der Waals surface area contributed by atoms with Crippen molar-refractivity contribution in [3.05, 3.63) is 36.8 Å². The van der Waals surface area contributed by atoms with E-state index in [4.69, 9.17) is 9.15 Å². The van der Waals surface area contributed by atoms with E-state index in [1.807, 2.05) is 19.1 Å². The molecule has 0 amide bonds. The Kier molecular flexibility index (Phi) is 2.62. The summed E-state index contributed by atoms with van der Waals surface area (Å²) in [5, 5.41) is 0. The van der Waals surface area contributed by atoms with Gasteiger partial charge in [0.1, 0.15) is 5.76 Å². The molecule has 0 aromatic carbocycles. The quantitative estimate of drug-likeness (QED) is 0.560. The zero-order valence-electron chi connectivity index (χ0n) is 8.68. The van der Waals surface area contributed by atoms with E-state index < -0.39 is 0 Å². The molecule has 1 aromatic heterocycles. The summed E-state index contributed by atoms with van der Waals surface area (Å²) >= 11 is 0. The first-order valence-electron chi connectivity index (χ1n) is 5.12. The van der Waals surface area contributed by atoms with Crippen LogP contribution >= 0.6 is 0 Å². The summed E-state index contributed by atoms with van der Waals surface area (Å²) in [5.41, 5.74) is 0. The van der Waals surface area contributed by atoms with Crippen LogP contribution in [-0.4, -0.2) is 12.6 Å². The molecule has 1 aliphatic rings. The van der Waals surface area contributed by atoms with Crippen LogP contribution in [0.25, 0.3) is 0 Å². The Labute approximate surface area is 88.7 Å². The summed E-state index contributed by atoms with van der Waals surface area (Å²) in [6.07, 6.45) is 3.42. The molecule has 2 rings (SSSR count). The summed E-state index contributed by atoms with van der Waals surface area (Å²) in [6, 6.07) is 3.72. The topological polar surface area (TPSA) is 39.4 Å². The first-order valence-corrected chi connectivity index (χ1v) is 5.12. The first kappa shape index (κ1) is 10.0. The lowest BCUT2D eigenvalue weighted by atomic mass is 10.2. The van der Waals surface area contributed by atoms with Gasteiger partial charge in [-0.25, -0.2) is 0 Å². The van der Waals surface area contributed by atoms with Gasteiger partial charge in [-0.1, -0.05) is 6.08 Å². The summed E-state index contributed by atoms with van der Waals surface area (Å²) in [4.78, 5) is 11.6. The molecule has 80 valence electrons. The molecule has 0 unspecified atom stereocenters. The third-order valence-electron chi connectivity index (χ3n) is 2.78. The van der Waals surface area contributed by atoms with Crippen molar-refractivity contribution in [2.75, 3.05) is 6.61 Å². The SMILES string of the molecule is C=C[C@@H]1[C@H](C(=O)OCC)[C@H]1c1ccco1. The van der Waals surface area contributed by atoms with Gasteiger partial charge in [0.15, 0.2) is 0 Å². The highest BCUT2D eigenvalue weighted by Gasteiger charge is 2.56. The molecule has 0 N–H and O–H groups in total. The summed E-state index contributed by atoms with van der Waals surface area (Å²) < 4.78 is 10.3. The van der Waals surface area contributed by atoms with Crippen LogP contribution in [0.15, 0.2) is 35.5 Å². The highest BCUT2D eigenvalue weighted by Crippen LogP contribution is 2.55. The predicted molar refractivity (Wildman–Crippen MR) is 55.3 cm³/mol. The number of furan rings is 1. The minimum absolute atomic E-state index is 0.103. The van der Waals surface area contributed by atoms with Crippen LogP contribution in [-0.2, 0) is 9.53 Å². The number of ether oxygens (including phenoxy) is 1. The molecule has 1 heterocycles. The molecule has 3 heteroatoms. The second-order valence-corrected chi connectivity index (χ2v) is 3.63. The summed E-state index contributed by atoms with van der Waals surface area (Å²) in [5.74, 6) is 0.877. The van der Waals surface area contributed by atoms with Crippen molar-refractivity contribution in [3.63, 3.8) is 0 Å². The van der Waals surface area contributed by atoms with Crippen LogP contribution in [0.3, 0.4) is 0 Å². The van der Waals surface area contributed by atoms with Gasteiger partial charge in [0, 0.05) is 11.8 Å². The van der Waals surface area contributed by atoms with Gasteiger partial charge < -0.3 is 9.15 Å². The van der Waals surface area contributed by atoms with Gasteiger partial charge in [0.2, 0.25) is 0 Å². The zero-order chi connectivity index (χ0) is 10.8. The number of hydrogen-bond donors (Lipinski definition) is 0. The molecule has 0 aliphatic heterocycles. The molecule has 1 aliphatic carbocycles. The molecule has 1 saturated carbocycles. The Bertz CT molecular complexity index is 353. The van der Waals surface area contributed by atoms with Crippen molar-refractivity contribution in [1.29, 1.82) is 0 Å². The van der Waals surface area contributed by atoms with Crippen LogP contribution in [0.5, 0.6) is 0 Å². The molecule has 1 aromatic rings. The maximum absolute atomic E-state index is 11.6. The fraction of sp³-hybridized carbons (Fsp3) is 0.417. The number of esters is 1. The molecule has 15 heavy (non-hydrogen) atoms. The average Bonchev–Trinajstić information content (AvgIpc) is 2.72. The van der Waals surface area contributed by atoms with Gasteiger partial charge in [-0.05, 0) is 19.1 Å². The Morgan fingerprint density at radius 2 is 2.53 bits per heavy atom. The Morgan fingerprint density at radius 1 is 1.73 bits per heavy atom. The zero-order valence-corrected chi connectivity index (χ0v) is 8.68. The molecule has 0 saturated heterocycles. The monoisotopic (exact) mass is 206 g/mol. The van der Waals surface area contributed by atoms with E-state index in [2.05, 4.69) is 6.58 Å². The number of allylic oxidation sites excluding steroid dienone is 1. The van der Waals surface area contributed by atoms with Crippen LogP contribution < -0.4 is 0 Å². The number of carbonyl (C=O) groups excluding carboxylic acids is 1. The molecule has 1 fully saturated rings. The van der Waals surface area contributed by atoms with Gasteiger partial charge in [0.05, 0.1) is 18.8 Å². The number of hydrogen-bond acceptors (Lipinski definition) is 3. The standard InChI is InChI=1S/C12H14O3/c1-3-8-10(9-6-5-7-15-9)11(8)12(13)14-4-2/h3,5-8,10-11H,1,4H2,2H3/t8-,10+,11-/m0/s1. The van der Waals surface area contributed by atoms with Crippen molar-refractivity contribution in [2.45, 2.75) is 12.8 Å². The van der Waals surface area contributed by atoms with Gasteiger partial charge in [-0.2, -0.15) is 0 Å². The lowest BCUT2D eigenvalue weighted by Crippen LogP contribution is -2.08. The molecule has 3 atom stereocenters. The largest absolute Gasteiger partial charge is 0.469 e. The number of carbonyl (C=O) groups is 1. The molecule has 0 spiro atoms. The maximum atomic E-state index is 11.6. The van der Waals surface area contributed by atoms with Crippen LogP contribution in [0.4, 0.5) is 0 Å². The van der Waals surface area contributed by atoms with E-state index in [-0.39, 0.29) is 23.7 Å². The highest BCUT2D eigenvalue weighted by atomic mass is 16.5. The molecule has 0 radical (unpaired) electrons. The van der Waals surface area contributed by atoms with Crippen molar-refractivity contribution in [1.82, 2.24) is 0 Å². The van der Waals surface area contributed by atoms with Gasteiger partial charge >= 0.3 is 5.97 Å². The highest BCUT2D eigenvalue weighted by molar-refractivity contribution is 5.78. The van der Waals surface area contributed by atoms with Crippen LogP contribution in [0.1, 0.15) is 18.6 Å². The van der Waals surface area contributed by atoms with E-state index in [0.29, 0.717) is 6.61 Å². The van der Waals surface area contributed by atoms with Gasteiger partial charge in [-0.3, -0.25) is 4.79 Å². The third kappa shape index (κ3) is 1.69. The van der Waals surface area contributed by atoms with Gasteiger partial charge in [-0.15, -0.1) is 6.58 Å². The Balaban J connectivity index is 2.09. The van der Waals surface area contributed by atoms with Crippen LogP contribution in [0.2, 0.25) is 0 Å². The average molecular weight is 206 g/mol. The van der Waals surface area contributed by atoms with E-state index in [0.717, 1.165) is 5.76 Å². The normalized spacial score (nSPS) is 28.5.